The lowest BCUT2D eigenvalue weighted by Crippen LogP contribution is -2.37. The van der Waals surface area contributed by atoms with Gasteiger partial charge in [-0.3, -0.25) is 19.3 Å². The molecule has 0 bridgehead atoms. The van der Waals surface area contributed by atoms with Gasteiger partial charge in [-0.25, -0.2) is 0 Å². The van der Waals surface area contributed by atoms with Gasteiger partial charge in [-0.2, -0.15) is 0 Å². The number of nitrogens with zero attached hydrogens (tertiary/aromatic N) is 1. The summed E-state index contributed by atoms with van der Waals surface area (Å²) < 4.78 is 4.96. The largest absolute Gasteiger partial charge is 0.466 e. The van der Waals surface area contributed by atoms with E-state index < -0.39 is 17.8 Å². The van der Waals surface area contributed by atoms with Crippen LogP contribution in [-0.2, 0) is 19.1 Å². The number of benzene rings is 2. The number of amides is 2. The molecule has 0 unspecified atom stereocenters. The smallest absolute Gasteiger partial charge is 0.311 e. The third kappa shape index (κ3) is 5.18. The van der Waals surface area contributed by atoms with Gasteiger partial charge in [0.25, 0.3) is 5.91 Å². The molecule has 0 aliphatic carbocycles. The van der Waals surface area contributed by atoms with Crippen molar-refractivity contribution in [1.29, 1.82) is 0 Å². The van der Waals surface area contributed by atoms with Crippen molar-refractivity contribution in [3.05, 3.63) is 64.8 Å². The summed E-state index contributed by atoms with van der Waals surface area (Å²) in [7, 11) is 0. The van der Waals surface area contributed by atoms with Crippen molar-refractivity contribution in [3.63, 3.8) is 0 Å². The molecule has 0 saturated carbocycles. The number of hydrogen-bond acceptors (Lipinski definition) is 5. The molecule has 1 heterocycles. The molecule has 7 nitrogen and oxygen atoms in total. The third-order valence-electron chi connectivity index (χ3n) is 4.39. The van der Waals surface area contributed by atoms with Crippen LogP contribution in [0, 0.1) is 6.92 Å². The number of anilines is 3. The van der Waals surface area contributed by atoms with Crippen LogP contribution in [0.25, 0.3) is 0 Å². The van der Waals surface area contributed by atoms with Crippen molar-refractivity contribution >= 4 is 46.4 Å². The van der Waals surface area contributed by atoms with Gasteiger partial charge in [0.05, 0.1) is 35.1 Å². The molecule has 0 fully saturated rings. The van der Waals surface area contributed by atoms with E-state index in [0.717, 1.165) is 5.56 Å². The lowest BCUT2D eigenvalue weighted by Gasteiger charge is -2.22. The van der Waals surface area contributed by atoms with Crippen molar-refractivity contribution in [2.75, 3.05) is 28.7 Å². The Hall–Kier alpha value is -3.32. The standard InChI is InChI=1S/C22H22ClN3O4/c1-3-30-22(29)12-15-11-21(28)26(19-7-5-4-6-18(19)24-15)13-20(27)25-17-9-8-14(2)10-16(17)23/h4-11,24H,3,12-13H2,1-2H3,(H,25,27). The Morgan fingerprint density at radius 3 is 2.70 bits per heavy atom. The SMILES string of the molecule is CCOC(=O)CC1=CC(=O)N(CC(=O)Nc2ccc(C)cc2Cl)c2ccccc2N1. The predicted molar refractivity (Wildman–Crippen MR) is 117 cm³/mol. The van der Waals surface area contributed by atoms with E-state index in [2.05, 4.69) is 10.6 Å². The average molecular weight is 428 g/mol. The average Bonchev–Trinajstić information content (AvgIpc) is 2.81. The number of carbonyl (C=O) groups is 3. The van der Waals surface area contributed by atoms with Crippen LogP contribution in [0.15, 0.2) is 54.2 Å². The number of ether oxygens (including phenoxy) is 1. The number of rotatable bonds is 6. The Morgan fingerprint density at radius 2 is 1.97 bits per heavy atom. The van der Waals surface area contributed by atoms with Crippen LogP contribution in [0.1, 0.15) is 18.9 Å². The van der Waals surface area contributed by atoms with E-state index in [4.69, 9.17) is 16.3 Å². The molecular weight excluding hydrogens is 406 g/mol. The van der Waals surface area contributed by atoms with E-state index in [-0.39, 0.29) is 19.6 Å². The number of esters is 1. The van der Waals surface area contributed by atoms with Crippen LogP contribution in [0.3, 0.4) is 0 Å². The van der Waals surface area contributed by atoms with Gasteiger partial charge in [0.15, 0.2) is 0 Å². The Balaban J connectivity index is 1.82. The van der Waals surface area contributed by atoms with Crippen LogP contribution < -0.4 is 15.5 Å². The maximum Gasteiger partial charge on any atom is 0.311 e. The molecule has 1 aliphatic rings. The number of hydrogen-bond donors (Lipinski definition) is 2. The summed E-state index contributed by atoms with van der Waals surface area (Å²) in [6, 6.07) is 12.4. The maximum absolute atomic E-state index is 12.9. The monoisotopic (exact) mass is 427 g/mol. The van der Waals surface area contributed by atoms with Crippen molar-refractivity contribution in [3.8, 4) is 0 Å². The van der Waals surface area contributed by atoms with Crippen LogP contribution in [0.5, 0.6) is 0 Å². The van der Waals surface area contributed by atoms with E-state index in [1.54, 1.807) is 43.3 Å². The zero-order valence-electron chi connectivity index (χ0n) is 16.7. The lowest BCUT2D eigenvalue weighted by molar-refractivity contribution is -0.142. The zero-order chi connectivity index (χ0) is 21.7. The molecular formula is C22H22ClN3O4. The molecule has 0 atom stereocenters. The highest BCUT2D eigenvalue weighted by atomic mass is 35.5. The molecule has 2 aromatic carbocycles. The number of fused-ring (bicyclic) bond motifs is 1. The Kier molecular flexibility index (Phi) is 6.74. The van der Waals surface area contributed by atoms with E-state index in [9.17, 15) is 14.4 Å². The van der Waals surface area contributed by atoms with Crippen molar-refractivity contribution < 1.29 is 19.1 Å². The normalized spacial score (nSPS) is 13.0. The van der Waals surface area contributed by atoms with Gasteiger partial charge >= 0.3 is 5.97 Å². The molecule has 156 valence electrons. The first-order chi connectivity index (χ1) is 14.4. The molecule has 2 N–H and O–H groups in total. The van der Waals surface area contributed by atoms with Crippen LogP contribution in [0.2, 0.25) is 5.02 Å². The fourth-order valence-electron chi connectivity index (χ4n) is 3.05. The first-order valence-electron chi connectivity index (χ1n) is 9.47. The lowest BCUT2D eigenvalue weighted by atomic mass is 10.2. The summed E-state index contributed by atoms with van der Waals surface area (Å²) in [5, 5.41) is 6.25. The van der Waals surface area contributed by atoms with Crippen LogP contribution >= 0.6 is 11.6 Å². The van der Waals surface area contributed by atoms with Gasteiger partial charge in [-0.15, -0.1) is 0 Å². The topological polar surface area (TPSA) is 87.7 Å². The number of halogens is 1. The van der Waals surface area contributed by atoms with Gasteiger partial charge in [-0.05, 0) is 43.7 Å². The van der Waals surface area contributed by atoms with Gasteiger partial charge in [0.2, 0.25) is 5.91 Å². The molecule has 0 aromatic heterocycles. The zero-order valence-corrected chi connectivity index (χ0v) is 17.5. The minimum absolute atomic E-state index is 0.0765. The summed E-state index contributed by atoms with van der Waals surface area (Å²) >= 11 is 6.19. The Labute approximate surface area is 179 Å². The fourth-order valence-corrected chi connectivity index (χ4v) is 3.33. The van der Waals surface area contributed by atoms with Gasteiger partial charge in [-0.1, -0.05) is 29.8 Å². The second kappa shape index (κ2) is 9.45. The third-order valence-corrected chi connectivity index (χ3v) is 4.71. The van der Waals surface area contributed by atoms with Crippen molar-refractivity contribution in [2.45, 2.75) is 20.3 Å². The molecule has 8 heteroatoms. The minimum Gasteiger partial charge on any atom is -0.466 e. The highest BCUT2D eigenvalue weighted by Crippen LogP contribution is 2.31. The van der Waals surface area contributed by atoms with Gasteiger partial charge < -0.3 is 15.4 Å². The molecule has 2 aromatic rings. The Morgan fingerprint density at radius 1 is 1.20 bits per heavy atom. The molecule has 30 heavy (non-hydrogen) atoms. The second-order valence-corrected chi connectivity index (χ2v) is 7.16. The summed E-state index contributed by atoms with van der Waals surface area (Å²) in [5.41, 5.74) is 2.98. The molecule has 0 saturated heterocycles. The number of nitrogens with one attached hydrogen (secondary N) is 2. The van der Waals surface area contributed by atoms with E-state index in [0.29, 0.717) is 27.8 Å². The van der Waals surface area contributed by atoms with Gasteiger partial charge in [0.1, 0.15) is 6.54 Å². The molecule has 2 amide bonds. The van der Waals surface area contributed by atoms with E-state index in [1.165, 1.54) is 11.0 Å². The summed E-state index contributed by atoms with van der Waals surface area (Å²) in [6.45, 7) is 3.65. The van der Waals surface area contributed by atoms with E-state index >= 15 is 0 Å². The van der Waals surface area contributed by atoms with Crippen molar-refractivity contribution in [1.82, 2.24) is 0 Å². The first-order valence-corrected chi connectivity index (χ1v) is 9.85. The molecule has 1 aliphatic heterocycles. The number of para-hydroxylation sites is 2. The molecule has 0 radical (unpaired) electrons. The summed E-state index contributed by atoms with van der Waals surface area (Å²) in [6.07, 6.45) is 1.23. The van der Waals surface area contributed by atoms with Gasteiger partial charge in [0, 0.05) is 11.8 Å². The second-order valence-electron chi connectivity index (χ2n) is 6.75. The summed E-state index contributed by atoms with van der Waals surface area (Å²) in [4.78, 5) is 38.7. The highest BCUT2D eigenvalue weighted by Gasteiger charge is 2.25. The fraction of sp³-hybridized carbons (Fsp3) is 0.227. The number of aryl methyl sites for hydroxylation is 1. The quantitative estimate of drug-likeness (QED) is 0.683. The molecule has 3 rings (SSSR count). The first kappa shape index (κ1) is 21.4. The predicted octanol–water partition coefficient (Wildman–Crippen LogP) is 3.88. The summed E-state index contributed by atoms with van der Waals surface area (Å²) in [5.74, 6) is -1.26. The van der Waals surface area contributed by atoms with Crippen molar-refractivity contribution in [2.24, 2.45) is 0 Å². The number of carbonyl (C=O) groups excluding carboxylic acids is 3. The highest BCUT2D eigenvalue weighted by molar-refractivity contribution is 6.33. The van der Waals surface area contributed by atoms with Crippen LogP contribution in [0.4, 0.5) is 17.1 Å². The maximum atomic E-state index is 12.9. The van der Waals surface area contributed by atoms with Crippen LogP contribution in [-0.4, -0.2) is 30.9 Å². The molecule has 0 spiro atoms. The Bertz CT molecular complexity index is 1020. The minimum atomic E-state index is -0.443. The van der Waals surface area contributed by atoms with E-state index in [1.807, 2.05) is 13.0 Å².